The Kier molecular flexibility index (Phi) is 6.32. The Bertz CT molecular complexity index is 1110. The molecule has 7 heteroatoms. The van der Waals surface area contributed by atoms with Crippen molar-refractivity contribution in [3.8, 4) is 5.75 Å². The molecule has 1 aliphatic rings. The van der Waals surface area contributed by atoms with Gasteiger partial charge in [-0.05, 0) is 42.9 Å². The summed E-state index contributed by atoms with van der Waals surface area (Å²) in [6, 6.07) is 7.42. The molecule has 0 saturated carbocycles. The largest absolute Gasteiger partial charge is 0.491 e. The summed E-state index contributed by atoms with van der Waals surface area (Å²) in [6.07, 6.45) is 4.90. The van der Waals surface area contributed by atoms with E-state index < -0.39 is 0 Å². The van der Waals surface area contributed by atoms with Crippen LogP contribution < -0.4 is 10.3 Å². The highest BCUT2D eigenvalue weighted by Gasteiger charge is 2.24. The number of benzene rings is 1. The number of halogens is 1. The first kappa shape index (κ1) is 20.5. The summed E-state index contributed by atoms with van der Waals surface area (Å²) in [5.74, 6) is 2.01. The Morgan fingerprint density at radius 1 is 1.45 bits per heavy atom. The molecule has 2 heterocycles. The molecule has 1 unspecified atom stereocenters. The number of aryl methyl sites for hydroxylation is 1. The number of ether oxygens (including phenoxy) is 1. The number of para-hydroxylation sites is 1. The van der Waals surface area contributed by atoms with Crippen LogP contribution in [0.4, 0.5) is 0 Å². The van der Waals surface area contributed by atoms with E-state index in [1.165, 1.54) is 22.2 Å². The summed E-state index contributed by atoms with van der Waals surface area (Å²) in [5, 5.41) is 2.13. The van der Waals surface area contributed by atoms with Gasteiger partial charge in [-0.3, -0.25) is 9.36 Å². The molecule has 4 nitrogen and oxygen atoms in total. The van der Waals surface area contributed by atoms with Crippen LogP contribution in [0.1, 0.15) is 23.8 Å². The highest BCUT2D eigenvalue weighted by atomic mass is 35.5. The topological polar surface area (TPSA) is 44.1 Å². The molecule has 152 valence electrons. The number of thiophene rings is 1. The molecule has 1 aromatic carbocycles. The van der Waals surface area contributed by atoms with E-state index in [0.717, 1.165) is 34.6 Å². The standard InChI is InChI=1S/C22H23ClN2O2S2/c1-3-10-25-21(26)19-15-9-8-14(2)13-18(15)29-20(19)24-22(25)28-12-11-27-17-7-5-4-6-16(17)23/h3-7,14H,1,8-13H2,2H3. The fourth-order valence-electron chi connectivity index (χ4n) is 3.65. The number of hydrogen-bond donors (Lipinski definition) is 0. The van der Waals surface area contributed by atoms with E-state index in [1.54, 1.807) is 28.0 Å². The number of aromatic nitrogens is 2. The van der Waals surface area contributed by atoms with Crippen molar-refractivity contribution in [1.29, 1.82) is 0 Å². The summed E-state index contributed by atoms with van der Waals surface area (Å²) < 4.78 is 7.51. The van der Waals surface area contributed by atoms with Gasteiger partial charge in [-0.25, -0.2) is 4.98 Å². The highest BCUT2D eigenvalue weighted by molar-refractivity contribution is 7.99. The molecule has 1 atom stereocenters. The predicted octanol–water partition coefficient (Wildman–Crippen LogP) is 5.59. The maximum absolute atomic E-state index is 13.3. The minimum atomic E-state index is 0.0523. The molecular formula is C22H23ClN2O2S2. The van der Waals surface area contributed by atoms with Crippen molar-refractivity contribution >= 4 is 44.9 Å². The van der Waals surface area contributed by atoms with Crippen molar-refractivity contribution in [2.24, 2.45) is 5.92 Å². The number of fused-ring (bicyclic) bond motifs is 3. The summed E-state index contributed by atoms with van der Waals surface area (Å²) in [5.41, 5.74) is 1.27. The van der Waals surface area contributed by atoms with Gasteiger partial charge < -0.3 is 4.74 Å². The van der Waals surface area contributed by atoms with Crippen LogP contribution >= 0.6 is 34.7 Å². The van der Waals surface area contributed by atoms with Gasteiger partial charge in [-0.2, -0.15) is 0 Å². The van der Waals surface area contributed by atoms with E-state index >= 15 is 0 Å². The molecule has 0 saturated heterocycles. The second-order valence-corrected chi connectivity index (χ2v) is 9.81. The zero-order valence-electron chi connectivity index (χ0n) is 16.3. The third-order valence-electron chi connectivity index (χ3n) is 5.10. The summed E-state index contributed by atoms with van der Waals surface area (Å²) >= 11 is 9.35. The molecule has 0 bridgehead atoms. The van der Waals surface area contributed by atoms with Gasteiger partial charge in [-0.1, -0.05) is 48.5 Å². The first-order valence-electron chi connectivity index (χ1n) is 9.74. The van der Waals surface area contributed by atoms with Crippen molar-refractivity contribution in [1.82, 2.24) is 9.55 Å². The Hall–Kier alpha value is -1.76. The van der Waals surface area contributed by atoms with Crippen LogP contribution in [0, 0.1) is 5.92 Å². The van der Waals surface area contributed by atoms with Crippen molar-refractivity contribution in [3.63, 3.8) is 0 Å². The number of thioether (sulfide) groups is 1. The molecule has 2 aromatic heterocycles. The third-order valence-corrected chi connectivity index (χ3v) is 7.50. The highest BCUT2D eigenvalue weighted by Crippen LogP contribution is 2.36. The second kappa shape index (κ2) is 8.94. The average molecular weight is 447 g/mol. The lowest BCUT2D eigenvalue weighted by atomic mass is 9.89. The minimum absolute atomic E-state index is 0.0523. The molecule has 0 spiro atoms. The van der Waals surface area contributed by atoms with Crippen molar-refractivity contribution in [3.05, 3.63) is 62.7 Å². The van der Waals surface area contributed by atoms with Gasteiger partial charge in [0.05, 0.1) is 17.0 Å². The van der Waals surface area contributed by atoms with E-state index in [0.29, 0.717) is 35.6 Å². The van der Waals surface area contributed by atoms with Crippen molar-refractivity contribution < 1.29 is 4.74 Å². The van der Waals surface area contributed by atoms with Crippen molar-refractivity contribution in [2.75, 3.05) is 12.4 Å². The Morgan fingerprint density at radius 2 is 2.28 bits per heavy atom. The molecular weight excluding hydrogens is 424 g/mol. The van der Waals surface area contributed by atoms with E-state index in [1.807, 2.05) is 18.2 Å². The summed E-state index contributed by atoms with van der Waals surface area (Å²) in [4.78, 5) is 20.3. The summed E-state index contributed by atoms with van der Waals surface area (Å²) in [6.45, 7) is 7.03. The quantitative estimate of drug-likeness (QED) is 0.205. The molecule has 0 fully saturated rings. The number of rotatable bonds is 7. The Labute approximate surface area is 183 Å². The lowest BCUT2D eigenvalue weighted by Crippen LogP contribution is -2.23. The maximum Gasteiger partial charge on any atom is 0.263 e. The molecule has 0 radical (unpaired) electrons. The third kappa shape index (κ3) is 4.25. The van der Waals surface area contributed by atoms with E-state index in [9.17, 15) is 4.79 Å². The molecule has 0 N–H and O–H groups in total. The molecule has 4 rings (SSSR count). The van der Waals surface area contributed by atoms with Crippen LogP contribution in [0.25, 0.3) is 10.2 Å². The van der Waals surface area contributed by atoms with Gasteiger partial charge in [0.1, 0.15) is 10.6 Å². The second-order valence-electron chi connectivity index (χ2n) is 7.26. The smallest absolute Gasteiger partial charge is 0.263 e. The first-order valence-corrected chi connectivity index (χ1v) is 11.9. The van der Waals surface area contributed by atoms with Crippen LogP contribution in [-0.4, -0.2) is 21.9 Å². The fourth-order valence-corrected chi connectivity index (χ4v) is 6.09. The number of nitrogens with zero attached hydrogens (tertiary/aromatic N) is 2. The van der Waals surface area contributed by atoms with Crippen LogP contribution in [0.15, 0.2) is 46.9 Å². The van der Waals surface area contributed by atoms with E-state index in [2.05, 4.69) is 13.5 Å². The molecule has 0 amide bonds. The lowest BCUT2D eigenvalue weighted by Gasteiger charge is -2.17. The lowest BCUT2D eigenvalue weighted by molar-refractivity contribution is 0.344. The Morgan fingerprint density at radius 3 is 3.07 bits per heavy atom. The molecule has 1 aliphatic carbocycles. The SMILES string of the molecule is C=CCn1c(SCCOc2ccccc2Cl)nc2sc3c(c2c1=O)CCC(C)C3. The normalized spacial score (nSPS) is 16.0. The van der Waals surface area contributed by atoms with Gasteiger partial charge in [0.2, 0.25) is 0 Å². The van der Waals surface area contributed by atoms with Crippen molar-refractivity contribution in [2.45, 2.75) is 37.9 Å². The molecule has 3 aromatic rings. The maximum atomic E-state index is 13.3. The van der Waals surface area contributed by atoms with Gasteiger partial charge in [0.25, 0.3) is 5.56 Å². The van der Waals surface area contributed by atoms with Gasteiger partial charge in [-0.15, -0.1) is 17.9 Å². The zero-order valence-corrected chi connectivity index (χ0v) is 18.7. The summed E-state index contributed by atoms with van der Waals surface area (Å²) in [7, 11) is 0. The molecule has 29 heavy (non-hydrogen) atoms. The van der Waals surface area contributed by atoms with Crippen LogP contribution in [0.5, 0.6) is 5.75 Å². The van der Waals surface area contributed by atoms with E-state index in [-0.39, 0.29) is 5.56 Å². The van der Waals surface area contributed by atoms with Gasteiger partial charge in [0.15, 0.2) is 5.16 Å². The predicted molar refractivity (Wildman–Crippen MR) is 123 cm³/mol. The minimum Gasteiger partial charge on any atom is -0.491 e. The van der Waals surface area contributed by atoms with Crippen LogP contribution in [0.2, 0.25) is 5.02 Å². The number of hydrogen-bond acceptors (Lipinski definition) is 5. The van der Waals surface area contributed by atoms with E-state index in [4.69, 9.17) is 21.3 Å². The monoisotopic (exact) mass is 446 g/mol. The number of allylic oxidation sites excluding steroid dienone is 1. The average Bonchev–Trinajstić information content (AvgIpc) is 3.06. The fraction of sp³-hybridized carbons (Fsp3) is 0.364. The van der Waals surface area contributed by atoms with Gasteiger partial charge in [0, 0.05) is 17.2 Å². The zero-order chi connectivity index (χ0) is 20.4. The first-order chi connectivity index (χ1) is 14.1. The van der Waals surface area contributed by atoms with Crippen LogP contribution in [-0.2, 0) is 19.4 Å². The van der Waals surface area contributed by atoms with Crippen LogP contribution in [0.3, 0.4) is 0 Å². The molecule has 0 aliphatic heterocycles. The van der Waals surface area contributed by atoms with Gasteiger partial charge >= 0.3 is 0 Å². The Balaban J connectivity index is 1.58.